The summed E-state index contributed by atoms with van der Waals surface area (Å²) in [4.78, 5) is 0. The third kappa shape index (κ3) is 2.14. The van der Waals surface area contributed by atoms with Crippen molar-refractivity contribution in [1.29, 1.82) is 0 Å². The van der Waals surface area contributed by atoms with Gasteiger partial charge >= 0.3 is 0 Å². The van der Waals surface area contributed by atoms with Crippen LogP contribution in [-0.4, -0.2) is 0 Å². The summed E-state index contributed by atoms with van der Waals surface area (Å²) in [5, 5.41) is 2.71. The third-order valence-corrected chi connectivity index (χ3v) is 2.21. The van der Waals surface area contributed by atoms with E-state index >= 15 is 0 Å². The van der Waals surface area contributed by atoms with Gasteiger partial charge in [0.05, 0.1) is 0 Å². The minimum atomic E-state index is 0. The monoisotopic (exact) mass is 188 g/mol. The Kier molecular flexibility index (Phi) is 4.36. The fourth-order valence-electron chi connectivity index (χ4n) is 1.69. The highest BCUT2D eigenvalue weighted by Crippen LogP contribution is 2.19. The molecule has 0 saturated heterocycles. The summed E-state index contributed by atoms with van der Waals surface area (Å²) in [6, 6.07) is 13.0. The SMILES string of the molecule is C.C.Cc1cc(C)c2ccccc2c1. The highest BCUT2D eigenvalue weighted by Gasteiger charge is 1.95. The molecule has 2 rings (SSSR count). The van der Waals surface area contributed by atoms with Crippen LogP contribution < -0.4 is 0 Å². The Hall–Kier alpha value is -1.30. The van der Waals surface area contributed by atoms with E-state index in [1.165, 1.54) is 21.9 Å². The first kappa shape index (κ1) is 12.7. The molecule has 0 nitrogen and oxygen atoms in total. The quantitative estimate of drug-likeness (QED) is 0.560. The predicted octanol–water partition coefficient (Wildman–Crippen LogP) is 4.73. The molecule has 0 unspecified atom stereocenters. The van der Waals surface area contributed by atoms with Crippen LogP contribution in [0.25, 0.3) is 10.8 Å². The lowest BCUT2D eigenvalue weighted by atomic mass is 10.0. The number of fused-ring (bicyclic) bond motifs is 1. The zero-order chi connectivity index (χ0) is 8.55. The summed E-state index contributed by atoms with van der Waals surface area (Å²) >= 11 is 0. The Balaban J connectivity index is 0.000000845. The maximum absolute atomic E-state index is 2.22. The van der Waals surface area contributed by atoms with Crippen LogP contribution in [0.4, 0.5) is 0 Å². The zero-order valence-electron chi connectivity index (χ0n) is 7.46. The Labute approximate surface area is 87.6 Å². The van der Waals surface area contributed by atoms with Gasteiger partial charge in [0.1, 0.15) is 0 Å². The zero-order valence-corrected chi connectivity index (χ0v) is 7.46. The number of benzene rings is 2. The smallest absolute Gasteiger partial charge is 0.0155 e. The second-order valence-electron chi connectivity index (χ2n) is 3.30. The molecule has 2 aromatic carbocycles. The van der Waals surface area contributed by atoms with E-state index in [2.05, 4.69) is 50.2 Å². The maximum atomic E-state index is 2.22. The van der Waals surface area contributed by atoms with Crippen LogP contribution in [0.15, 0.2) is 36.4 Å². The Morgan fingerprint density at radius 1 is 0.857 bits per heavy atom. The van der Waals surface area contributed by atoms with Crippen LogP contribution in [0.2, 0.25) is 0 Å². The van der Waals surface area contributed by atoms with E-state index in [4.69, 9.17) is 0 Å². The van der Waals surface area contributed by atoms with Gasteiger partial charge < -0.3 is 0 Å². The average molecular weight is 188 g/mol. The van der Waals surface area contributed by atoms with Crippen molar-refractivity contribution in [2.75, 3.05) is 0 Å². The molecule has 76 valence electrons. The van der Waals surface area contributed by atoms with Gasteiger partial charge in [-0.15, -0.1) is 0 Å². The lowest BCUT2D eigenvalue weighted by molar-refractivity contribution is 1.43. The van der Waals surface area contributed by atoms with Gasteiger partial charge in [-0.2, -0.15) is 0 Å². The minimum Gasteiger partial charge on any atom is -0.0776 e. The molecular formula is C14H20. The van der Waals surface area contributed by atoms with E-state index in [-0.39, 0.29) is 14.9 Å². The molecule has 0 aromatic heterocycles. The third-order valence-electron chi connectivity index (χ3n) is 2.21. The van der Waals surface area contributed by atoms with Crippen molar-refractivity contribution in [1.82, 2.24) is 0 Å². The van der Waals surface area contributed by atoms with Gasteiger partial charge in [0.25, 0.3) is 0 Å². The van der Waals surface area contributed by atoms with Crippen LogP contribution in [0.1, 0.15) is 26.0 Å². The predicted molar refractivity (Wildman–Crippen MR) is 66.9 cm³/mol. The molecule has 0 fully saturated rings. The molecule has 0 heterocycles. The van der Waals surface area contributed by atoms with Crippen LogP contribution in [0.3, 0.4) is 0 Å². The summed E-state index contributed by atoms with van der Waals surface area (Å²) in [6.45, 7) is 4.30. The molecule has 0 heteroatoms. The fourth-order valence-corrected chi connectivity index (χ4v) is 1.69. The lowest BCUT2D eigenvalue weighted by Gasteiger charge is -2.02. The largest absolute Gasteiger partial charge is 0.0776 e. The van der Waals surface area contributed by atoms with E-state index in [0.717, 1.165) is 0 Å². The van der Waals surface area contributed by atoms with Crippen molar-refractivity contribution in [3.8, 4) is 0 Å². The standard InChI is InChI=1S/C12H12.2CH4/c1-9-7-10(2)12-6-4-3-5-11(12)8-9;;/h3-8H,1-2H3;2*1H4. The Bertz CT molecular complexity index is 413. The molecule has 0 atom stereocenters. The van der Waals surface area contributed by atoms with Gasteiger partial charge in [-0.1, -0.05) is 56.8 Å². The molecule has 0 bridgehead atoms. The first-order valence-electron chi connectivity index (χ1n) is 4.23. The van der Waals surface area contributed by atoms with Gasteiger partial charge in [-0.25, -0.2) is 0 Å². The summed E-state index contributed by atoms with van der Waals surface area (Å²) < 4.78 is 0. The van der Waals surface area contributed by atoms with Crippen LogP contribution >= 0.6 is 0 Å². The van der Waals surface area contributed by atoms with Gasteiger partial charge in [-0.05, 0) is 30.2 Å². The van der Waals surface area contributed by atoms with E-state index in [0.29, 0.717) is 0 Å². The second kappa shape index (κ2) is 4.80. The minimum absolute atomic E-state index is 0. The van der Waals surface area contributed by atoms with Crippen LogP contribution in [0.5, 0.6) is 0 Å². The molecule has 0 amide bonds. The molecule has 0 aliphatic carbocycles. The Morgan fingerprint density at radius 2 is 1.50 bits per heavy atom. The lowest BCUT2D eigenvalue weighted by Crippen LogP contribution is -1.80. The molecule has 0 radical (unpaired) electrons. The second-order valence-corrected chi connectivity index (χ2v) is 3.30. The van der Waals surface area contributed by atoms with Crippen molar-refractivity contribution in [3.05, 3.63) is 47.5 Å². The summed E-state index contributed by atoms with van der Waals surface area (Å²) in [7, 11) is 0. The fraction of sp³-hybridized carbons (Fsp3) is 0.286. The molecule has 0 aliphatic rings. The van der Waals surface area contributed by atoms with E-state index in [1.807, 2.05) is 0 Å². The molecule has 0 spiro atoms. The highest BCUT2D eigenvalue weighted by atomic mass is 14.0. The van der Waals surface area contributed by atoms with Crippen molar-refractivity contribution >= 4 is 10.8 Å². The highest BCUT2D eigenvalue weighted by molar-refractivity contribution is 5.86. The van der Waals surface area contributed by atoms with Gasteiger partial charge in [-0.3, -0.25) is 0 Å². The van der Waals surface area contributed by atoms with E-state index in [1.54, 1.807) is 0 Å². The molecule has 2 aromatic rings. The maximum Gasteiger partial charge on any atom is -0.0155 e. The van der Waals surface area contributed by atoms with Crippen LogP contribution in [-0.2, 0) is 0 Å². The number of hydrogen-bond donors (Lipinski definition) is 0. The first-order valence-corrected chi connectivity index (χ1v) is 4.23. The van der Waals surface area contributed by atoms with Crippen LogP contribution in [0, 0.1) is 13.8 Å². The molecule has 0 N–H and O–H groups in total. The van der Waals surface area contributed by atoms with Gasteiger partial charge in [0, 0.05) is 0 Å². The van der Waals surface area contributed by atoms with Gasteiger partial charge in [0.15, 0.2) is 0 Å². The number of aryl methyl sites for hydroxylation is 2. The molecular weight excluding hydrogens is 168 g/mol. The molecule has 0 saturated carbocycles. The van der Waals surface area contributed by atoms with Crippen molar-refractivity contribution in [2.24, 2.45) is 0 Å². The van der Waals surface area contributed by atoms with Crippen molar-refractivity contribution in [3.63, 3.8) is 0 Å². The summed E-state index contributed by atoms with van der Waals surface area (Å²) in [5.41, 5.74) is 2.71. The normalized spacial score (nSPS) is 9.00. The van der Waals surface area contributed by atoms with Crippen molar-refractivity contribution < 1.29 is 0 Å². The van der Waals surface area contributed by atoms with Crippen molar-refractivity contribution in [2.45, 2.75) is 28.7 Å². The summed E-state index contributed by atoms with van der Waals surface area (Å²) in [6.07, 6.45) is 0. The van der Waals surface area contributed by atoms with E-state index in [9.17, 15) is 0 Å². The Morgan fingerprint density at radius 3 is 2.21 bits per heavy atom. The summed E-state index contributed by atoms with van der Waals surface area (Å²) in [5.74, 6) is 0. The molecule has 0 aliphatic heterocycles. The molecule has 14 heavy (non-hydrogen) atoms. The number of hydrogen-bond acceptors (Lipinski definition) is 0. The topological polar surface area (TPSA) is 0 Å². The van der Waals surface area contributed by atoms with Gasteiger partial charge in [0.2, 0.25) is 0 Å². The average Bonchev–Trinajstić information content (AvgIpc) is 2.04. The van der Waals surface area contributed by atoms with E-state index < -0.39 is 0 Å². The number of rotatable bonds is 0. The first-order chi connectivity index (χ1) is 5.77.